The number of nitrogens with one attached hydrogen (secondary N) is 1. The summed E-state index contributed by atoms with van der Waals surface area (Å²) in [6.07, 6.45) is 1.40. The fourth-order valence-corrected chi connectivity index (χ4v) is 1.90. The number of rotatable bonds is 5. The molecule has 1 N–H and O–H groups in total. The molecule has 0 spiro atoms. The van der Waals surface area contributed by atoms with Crippen molar-refractivity contribution < 1.29 is 23.9 Å². The standard InChI is InChI=1S/C17H16N2O5/c1-3-23-17(22)13-7-8-18-15(10-13)19-16(21)12-5-4-6-14(9-12)24-11(2)20/h4-10H,3H2,1-2H3,(H,18,19,21). The minimum Gasteiger partial charge on any atom is -0.462 e. The van der Waals surface area contributed by atoms with Gasteiger partial charge in [-0.3, -0.25) is 9.59 Å². The summed E-state index contributed by atoms with van der Waals surface area (Å²) in [7, 11) is 0. The van der Waals surface area contributed by atoms with E-state index in [1.54, 1.807) is 25.1 Å². The van der Waals surface area contributed by atoms with Crippen LogP contribution in [-0.4, -0.2) is 29.4 Å². The molecule has 0 aliphatic carbocycles. The van der Waals surface area contributed by atoms with Crippen LogP contribution >= 0.6 is 0 Å². The van der Waals surface area contributed by atoms with E-state index >= 15 is 0 Å². The van der Waals surface area contributed by atoms with Gasteiger partial charge >= 0.3 is 11.9 Å². The molecule has 0 fully saturated rings. The molecule has 0 radical (unpaired) electrons. The van der Waals surface area contributed by atoms with Crippen LogP contribution < -0.4 is 10.1 Å². The Labute approximate surface area is 138 Å². The zero-order valence-electron chi connectivity index (χ0n) is 13.2. The summed E-state index contributed by atoms with van der Waals surface area (Å²) < 4.78 is 9.83. The molecule has 0 aliphatic heterocycles. The molecular formula is C17H16N2O5. The van der Waals surface area contributed by atoms with Crippen molar-refractivity contribution in [1.82, 2.24) is 4.98 Å². The van der Waals surface area contributed by atoms with Gasteiger partial charge in [-0.1, -0.05) is 6.07 Å². The lowest BCUT2D eigenvalue weighted by Crippen LogP contribution is -2.14. The molecule has 0 unspecified atom stereocenters. The molecule has 0 bridgehead atoms. The van der Waals surface area contributed by atoms with Crippen molar-refractivity contribution in [2.45, 2.75) is 13.8 Å². The summed E-state index contributed by atoms with van der Waals surface area (Å²) in [5.41, 5.74) is 0.577. The molecule has 1 amide bonds. The highest BCUT2D eigenvalue weighted by molar-refractivity contribution is 6.04. The largest absolute Gasteiger partial charge is 0.462 e. The van der Waals surface area contributed by atoms with Crippen LogP contribution in [0.2, 0.25) is 0 Å². The zero-order valence-corrected chi connectivity index (χ0v) is 13.2. The number of anilines is 1. The maximum absolute atomic E-state index is 12.3. The third-order valence-electron chi connectivity index (χ3n) is 2.87. The van der Waals surface area contributed by atoms with Crippen LogP contribution in [0.15, 0.2) is 42.6 Å². The Balaban J connectivity index is 2.13. The van der Waals surface area contributed by atoms with E-state index in [4.69, 9.17) is 9.47 Å². The van der Waals surface area contributed by atoms with Crippen molar-refractivity contribution in [2.75, 3.05) is 11.9 Å². The Morgan fingerprint density at radius 2 is 1.92 bits per heavy atom. The summed E-state index contributed by atoms with van der Waals surface area (Å²) in [6.45, 7) is 3.24. The molecule has 1 aromatic heterocycles. The van der Waals surface area contributed by atoms with Crippen molar-refractivity contribution in [2.24, 2.45) is 0 Å². The minimum absolute atomic E-state index is 0.212. The fraction of sp³-hybridized carbons (Fsp3) is 0.176. The van der Waals surface area contributed by atoms with Gasteiger partial charge in [0.2, 0.25) is 0 Å². The molecule has 2 aromatic rings. The molecule has 1 aromatic carbocycles. The van der Waals surface area contributed by atoms with Crippen LogP contribution in [0.3, 0.4) is 0 Å². The molecule has 124 valence electrons. The smallest absolute Gasteiger partial charge is 0.338 e. The number of benzene rings is 1. The quantitative estimate of drug-likeness (QED) is 0.669. The fourth-order valence-electron chi connectivity index (χ4n) is 1.90. The normalized spacial score (nSPS) is 9.92. The highest BCUT2D eigenvalue weighted by atomic mass is 16.5. The van der Waals surface area contributed by atoms with E-state index in [9.17, 15) is 14.4 Å². The first kappa shape index (κ1) is 17.1. The van der Waals surface area contributed by atoms with E-state index in [1.807, 2.05) is 0 Å². The lowest BCUT2D eigenvalue weighted by Gasteiger charge is -2.07. The third kappa shape index (κ3) is 4.64. The van der Waals surface area contributed by atoms with Gasteiger partial charge in [0, 0.05) is 18.7 Å². The average Bonchev–Trinajstić information content (AvgIpc) is 2.55. The molecule has 0 aliphatic rings. The predicted molar refractivity (Wildman–Crippen MR) is 85.9 cm³/mol. The SMILES string of the molecule is CCOC(=O)c1ccnc(NC(=O)c2cccc(OC(C)=O)c2)c1. The number of carbonyl (C=O) groups is 3. The molecular weight excluding hydrogens is 312 g/mol. The second-order valence-corrected chi connectivity index (χ2v) is 4.73. The van der Waals surface area contributed by atoms with Gasteiger partial charge in [-0.2, -0.15) is 0 Å². The van der Waals surface area contributed by atoms with Crippen molar-refractivity contribution >= 4 is 23.7 Å². The van der Waals surface area contributed by atoms with Crippen molar-refractivity contribution in [3.05, 3.63) is 53.7 Å². The monoisotopic (exact) mass is 328 g/mol. The number of amides is 1. The third-order valence-corrected chi connectivity index (χ3v) is 2.87. The minimum atomic E-state index is -0.493. The van der Waals surface area contributed by atoms with Gasteiger partial charge in [-0.25, -0.2) is 9.78 Å². The maximum atomic E-state index is 12.3. The number of nitrogens with zero attached hydrogens (tertiary/aromatic N) is 1. The number of hydrogen-bond donors (Lipinski definition) is 1. The summed E-state index contributed by atoms with van der Waals surface area (Å²) in [5.74, 6) is -0.937. The first-order valence-electron chi connectivity index (χ1n) is 7.22. The molecule has 1 heterocycles. The average molecular weight is 328 g/mol. The molecule has 2 rings (SSSR count). The molecule has 0 atom stereocenters. The van der Waals surface area contributed by atoms with E-state index < -0.39 is 17.8 Å². The summed E-state index contributed by atoms with van der Waals surface area (Å²) >= 11 is 0. The van der Waals surface area contributed by atoms with Gasteiger partial charge in [0.15, 0.2) is 0 Å². The van der Waals surface area contributed by atoms with Gasteiger partial charge in [-0.15, -0.1) is 0 Å². The van der Waals surface area contributed by atoms with Crippen molar-refractivity contribution in [3.8, 4) is 5.75 Å². The molecule has 7 heteroatoms. The Kier molecular flexibility index (Phi) is 5.62. The molecule has 0 saturated heterocycles. The van der Waals surface area contributed by atoms with Gasteiger partial charge in [0.25, 0.3) is 5.91 Å². The zero-order chi connectivity index (χ0) is 17.5. The van der Waals surface area contributed by atoms with Crippen LogP contribution in [-0.2, 0) is 9.53 Å². The first-order valence-corrected chi connectivity index (χ1v) is 7.22. The number of hydrogen-bond acceptors (Lipinski definition) is 6. The number of aromatic nitrogens is 1. The number of esters is 2. The van der Waals surface area contributed by atoms with Gasteiger partial charge < -0.3 is 14.8 Å². The Hall–Kier alpha value is -3.22. The van der Waals surface area contributed by atoms with Crippen molar-refractivity contribution in [1.29, 1.82) is 0 Å². The molecule has 7 nitrogen and oxygen atoms in total. The summed E-state index contributed by atoms with van der Waals surface area (Å²) in [5, 5.41) is 2.58. The van der Waals surface area contributed by atoms with E-state index in [0.717, 1.165) is 0 Å². The van der Waals surface area contributed by atoms with Crippen LogP contribution in [0, 0.1) is 0 Å². The highest BCUT2D eigenvalue weighted by Gasteiger charge is 2.12. The summed E-state index contributed by atoms with van der Waals surface area (Å²) in [6, 6.07) is 9.08. The van der Waals surface area contributed by atoms with Gasteiger partial charge in [0.1, 0.15) is 11.6 Å². The first-order chi connectivity index (χ1) is 11.5. The van der Waals surface area contributed by atoms with Crippen LogP contribution in [0.1, 0.15) is 34.6 Å². The van der Waals surface area contributed by atoms with E-state index in [2.05, 4.69) is 10.3 Å². The highest BCUT2D eigenvalue weighted by Crippen LogP contribution is 2.15. The van der Waals surface area contributed by atoms with Crippen molar-refractivity contribution in [3.63, 3.8) is 0 Å². The van der Waals surface area contributed by atoms with Gasteiger partial charge in [-0.05, 0) is 37.3 Å². The Morgan fingerprint density at radius 1 is 1.12 bits per heavy atom. The lowest BCUT2D eigenvalue weighted by molar-refractivity contribution is -0.131. The Bertz CT molecular complexity index is 773. The van der Waals surface area contributed by atoms with E-state index in [1.165, 1.54) is 31.3 Å². The molecule has 0 saturated carbocycles. The van der Waals surface area contributed by atoms with E-state index in [-0.39, 0.29) is 29.3 Å². The molecule has 24 heavy (non-hydrogen) atoms. The second-order valence-electron chi connectivity index (χ2n) is 4.73. The second kappa shape index (κ2) is 7.87. The number of pyridine rings is 1. The lowest BCUT2D eigenvalue weighted by atomic mass is 10.2. The Morgan fingerprint density at radius 3 is 2.62 bits per heavy atom. The van der Waals surface area contributed by atoms with Crippen LogP contribution in [0.25, 0.3) is 0 Å². The number of ether oxygens (including phenoxy) is 2. The predicted octanol–water partition coefficient (Wildman–Crippen LogP) is 2.44. The van der Waals surface area contributed by atoms with E-state index in [0.29, 0.717) is 0 Å². The maximum Gasteiger partial charge on any atom is 0.338 e. The number of carbonyl (C=O) groups excluding carboxylic acids is 3. The topological polar surface area (TPSA) is 94.6 Å². The summed E-state index contributed by atoms with van der Waals surface area (Å²) in [4.78, 5) is 38.9. The van der Waals surface area contributed by atoms with Gasteiger partial charge in [0.05, 0.1) is 12.2 Å². The van der Waals surface area contributed by atoms with Crippen LogP contribution in [0.5, 0.6) is 5.75 Å². The van der Waals surface area contributed by atoms with Crippen LogP contribution in [0.4, 0.5) is 5.82 Å².